The molecule has 1 amide bonds. The normalized spacial score (nSPS) is 13.0. The van der Waals surface area contributed by atoms with Crippen LogP contribution in [0.15, 0.2) is 47.4 Å². The molecule has 0 saturated heterocycles. The number of hydrogen-bond acceptors (Lipinski definition) is 5. The van der Waals surface area contributed by atoms with E-state index in [1.807, 2.05) is 0 Å². The molecule has 0 heterocycles. The van der Waals surface area contributed by atoms with Crippen molar-refractivity contribution in [2.75, 3.05) is 23.4 Å². The number of sulfone groups is 1. The van der Waals surface area contributed by atoms with Crippen LogP contribution in [0.25, 0.3) is 0 Å². The molecule has 2 rings (SSSR count). The number of benzene rings is 2. The molecule has 7 nitrogen and oxygen atoms in total. The summed E-state index contributed by atoms with van der Waals surface area (Å²) in [7, 11) is -7.18. The first kappa shape index (κ1) is 23.1. The number of carbonyl (C=O) groups is 1. The molecule has 158 valence electrons. The lowest BCUT2D eigenvalue weighted by atomic mass is 10.1. The molecule has 0 radical (unpaired) electrons. The van der Waals surface area contributed by atoms with Gasteiger partial charge in [-0.25, -0.2) is 21.2 Å². The van der Waals surface area contributed by atoms with Gasteiger partial charge in [0.1, 0.15) is 12.4 Å². The second-order valence-corrected chi connectivity index (χ2v) is 10.8. The minimum absolute atomic E-state index is 0.0548. The molecule has 0 spiro atoms. The van der Waals surface area contributed by atoms with Gasteiger partial charge in [-0.15, -0.1) is 0 Å². The number of carbonyl (C=O) groups excluding carboxylic acids is 1. The van der Waals surface area contributed by atoms with Crippen molar-refractivity contribution in [2.24, 2.45) is 0 Å². The first-order chi connectivity index (χ1) is 13.3. The summed E-state index contributed by atoms with van der Waals surface area (Å²) in [5, 5.41) is 2.38. The van der Waals surface area contributed by atoms with E-state index in [4.69, 9.17) is 11.6 Å². The highest BCUT2D eigenvalue weighted by molar-refractivity contribution is 7.92. The van der Waals surface area contributed by atoms with Crippen LogP contribution in [0.2, 0.25) is 5.02 Å². The third-order valence-corrected chi connectivity index (χ3v) is 6.62. The van der Waals surface area contributed by atoms with Crippen molar-refractivity contribution in [1.82, 2.24) is 5.32 Å². The summed E-state index contributed by atoms with van der Waals surface area (Å²) < 4.78 is 61.4. The summed E-state index contributed by atoms with van der Waals surface area (Å²) in [5.41, 5.74) is 0.695. The van der Waals surface area contributed by atoms with Crippen LogP contribution in [-0.2, 0) is 24.7 Å². The lowest BCUT2D eigenvalue weighted by molar-refractivity contribution is -0.120. The van der Waals surface area contributed by atoms with Gasteiger partial charge in [-0.05, 0) is 42.8 Å². The van der Waals surface area contributed by atoms with E-state index in [9.17, 15) is 26.0 Å². The highest BCUT2D eigenvalue weighted by Crippen LogP contribution is 2.24. The topological polar surface area (TPSA) is 101 Å². The van der Waals surface area contributed by atoms with Crippen molar-refractivity contribution in [3.63, 3.8) is 0 Å². The van der Waals surface area contributed by atoms with E-state index in [1.54, 1.807) is 19.1 Å². The quantitative estimate of drug-likeness (QED) is 0.681. The number of sulfonamides is 1. The molecule has 0 aliphatic carbocycles. The molecule has 0 bridgehead atoms. The molecular formula is C18H20ClFN2O5S2. The zero-order chi connectivity index (χ0) is 22.0. The molecule has 11 heteroatoms. The van der Waals surface area contributed by atoms with Crippen molar-refractivity contribution >= 4 is 43.1 Å². The Hall–Kier alpha value is -2.17. The average Bonchev–Trinajstić information content (AvgIpc) is 2.60. The van der Waals surface area contributed by atoms with Crippen molar-refractivity contribution in [2.45, 2.75) is 17.9 Å². The van der Waals surface area contributed by atoms with Crippen LogP contribution in [-0.4, -0.2) is 41.8 Å². The van der Waals surface area contributed by atoms with Crippen LogP contribution in [0.5, 0.6) is 0 Å². The van der Waals surface area contributed by atoms with Crippen LogP contribution in [0.4, 0.5) is 10.1 Å². The molecule has 0 aliphatic heterocycles. The van der Waals surface area contributed by atoms with Gasteiger partial charge < -0.3 is 5.32 Å². The summed E-state index contributed by atoms with van der Waals surface area (Å²) in [6.45, 7) is 1.14. The van der Waals surface area contributed by atoms with Gasteiger partial charge in [0, 0.05) is 6.26 Å². The van der Waals surface area contributed by atoms with Crippen molar-refractivity contribution in [1.29, 1.82) is 0 Å². The Morgan fingerprint density at radius 3 is 2.17 bits per heavy atom. The predicted octanol–water partition coefficient (Wildman–Crippen LogP) is 2.53. The Kier molecular flexibility index (Phi) is 6.92. The van der Waals surface area contributed by atoms with Crippen LogP contribution < -0.4 is 9.62 Å². The maximum Gasteiger partial charge on any atom is 0.241 e. The summed E-state index contributed by atoms with van der Waals surface area (Å²) in [6, 6.07) is 8.83. The van der Waals surface area contributed by atoms with Gasteiger partial charge in [0.25, 0.3) is 0 Å². The monoisotopic (exact) mass is 462 g/mol. The molecule has 0 aliphatic rings. The summed E-state index contributed by atoms with van der Waals surface area (Å²) in [6.07, 6.45) is 2.01. The van der Waals surface area contributed by atoms with Crippen LogP contribution >= 0.6 is 11.6 Å². The number of anilines is 1. The Morgan fingerprint density at radius 2 is 1.69 bits per heavy atom. The average molecular weight is 463 g/mol. The summed E-state index contributed by atoms with van der Waals surface area (Å²) in [5.74, 6) is -1.31. The van der Waals surface area contributed by atoms with E-state index in [0.29, 0.717) is 5.56 Å². The maximum absolute atomic E-state index is 13.4. The number of nitrogens with one attached hydrogen (secondary N) is 1. The lowest BCUT2D eigenvalue weighted by Crippen LogP contribution is -2.41. The van der Waals surface area contributed by atoms with Crippen molar-refractivity contribution < 1.29 is 26.0 Å². The first-order valence-electron chi connectivity index (χ1n) is 8.31. The Morgan fingerprint density at radius 1 is 1.10 bits per heavy atom. The SMILES string of the molecule is C[C@H](NC(=O)CN(c1ccc(F)c(Cl)c1)S(C)(=O)=O)c1ccc(S(C)(=O)=O)cc1. The minimum Gasteiger partial charge on any atom is -0.348 e. The summed E-state index contributed by atoms with van der Waals surface area (Å²) >= 11 is 5.71. The van der Waals surface area contributed by atoms with E-state index in [0.717, 1.165) is 28.9 Å². The van der Waals surface area contributed by atoms with Gasteiger partial charge in [0.2, 0.25) is 15.9 Å². The standard InChI is InChI=1S/C18H20ClFN2O5S2/c1-12(13-4-7-15(8-5-13)28(2,24)25)21-18(23)11-22(29(3,26)27)14-6-9-17(20)16(19)10-14/h4-10,12H,11H2,1-3H3,(H,21,23)/t12-/m0/s1. The number of halogens is 2. The molecule has 0 aromatic heterocycles. The molecule has 0 fully saturated rings. The smallest absolute Gasteiger partial charge is 0.241 e. The third-order valence-electron chi connectivity index (χ3n) is 4.06. The second-order valence-electron chi connectivity index (χ2n) is 6.50. The zero-order valence-corrected chi connectivity index (χ0v) is 18.3. The van der Waals surface area contributed by atoms with Gasteiger partial charge >= 0.3 is 0 Å². The molecule has 0 unspecified atom stereocenters. The summed E-state index contributed by atoms with van der Waals surface area (Å²) in [4.78, 5) is 12.6. The minimum atomic E-state index is -3.84. The number of hydrogen-bond donors (Lipinski definition) is 1. The van der Waals surface area contributed by atoms with Gasteiger partial charge in [-0.3, -0.25) is 9.10 Å². The number of nitrogens with zero attached hydrogens (tertiary/aromatic N) is 1. The van der Waals surface area contributed by atoms with Crippen molar-refractivity contribution in [3.8, 4) is 0 Å². The fraction of sp³-hybridized carbons (Fsp3) is 0.278. The first-order valence-corrected chi connectivity index (χ1v) is 12.4. The molecule has 1 N–H and O–H groups in total. The Labute approximate surface area is 174 Å². The molecule has 0 saturated carbocycles. The lowest BCUT2D eigenvalue weighted by Gasteiger charge is -2.23. The van der Waals surface area contributed by atoms with E-state index in [1.165, 1.54) is 18.2 Å². The maximum atomic E-state index is 13.4. The highest BCUT2D eigenvalue weighted by atomic mass is 35.5. The highest BCUT2D eigenvalue weighted by Gasteiger charge is 2.23. The molecule has 2 aromatic rings. The third kappa shape index (κ3) is 6.15. The van der Waals surface area contributed by atoms with Crippen LogP contribution in [0.1, 0.15) is 18.5 Å². The van der Waals surface area contributed by atoms with Gasteiger partial charge in [0.15, 0.2) is 9.84 Å². The van der Waals surface area contributed by atoms with Crippen molar-refractivity contribution in [3.05, 3.63) is 58.9 Å². The number of rotatable bonds is 7. The fourth-order valence-corrected chi connectivity index (χ4v) is 4.20. The predicted molar refractivity (Wildman–Crippen MR) is 110 cm³/mol. The van der Waals surface area contributed by atoms with E-state index < -0.39 is 44.2 Å². The number of amides is 1. The largest absolute Gasteiger partial charge is 0.348 e. The molecular weight excluding hydrogens is 443 g/mol. The zero-order valence-electron chi connectivity index (χ0n) is 15.9. The van der Waals surface area contributed by atoms with Crippen LogP contribution in [0, 0.1) is 5.82 Å². The Bertz CT molecular complexity index is 1120. The molecule has 2 aromatic carbocycles. The van der Waals surface area contributed by atoms with E-state index >= 15 is 0 Å². The van der Waals surface area contributed by atoms with Gasteiger partial charge in [-0.2, -0.15) is 0 Å². The van der Waals surface area contributed by atoms with E-state index in [2.05, 4.69) is 5.32 Å². The fourth-order valence-electron chi connectivity index (χ4n) is 2.54. The Balaban J connectivity index is 2.16. The molecule has 1 atom stereocenters. The van der Waals surface area contributed by atoms with Gasteiger partial charge in [0.05, 0.1) is 27.9 Å². The van der Waals surface area contributed by atoms with Crippen LogP contribution in [0.3, 0.4) is 0 Å². The van der Waals surface area contributed by atoms with E-state index in [-0.39, 0.29) is 15.6 Å². The van der Waals surface area contributed by atoms with Gasteiger partial charge in [-0.1, -0.05) is 23.7 Å². The molecule has 29 heavy (non-hydrogen) atoms. The second kappa shape index (κ2) is 8.68.